The van der Waals surface area contributed by atoms with E-state index < -0.39 is 0 Å². The zero-order chi connectivity index (χ0) is 8.73. The van der Waals surface area contributed by atoms with E-state index in [1.54, 1.807) is 57.8 Å². The van der Waals surface area contributed by atoms with E-state index in [2.05, 4.69) is 0 Å². The van der Waals surface area contributed by atoms with E-state index in [0.29, 0.717) is 0 Å². The van der Waals surface area contributed by atoms with Crippen molar-refractivity contribution in [3.63, 3.8) is 0 Å². The molecule has 3 rings (SSSR count). The number of hydrogen-bond donors (Lipinski definition) is 0. The van der Waals surface area contributed by atoms with Crippen LogP contribution in [-0.4, -0.2) is 0 Å². The molecule has 3 fully saturated rings. The van der Waals surface area contributed by atoms with Gasteiger partial charge in [0.05, 0.1) is 0 Å². The van der Waals surface area contributed by atoms with Crippen molar-refractivity contribution in [3.8, 4) is 0 Å². The van der Waals surface area contributed by atoms with Crippen molar-refractivity contribution >= 4 is 0 Å². The van der Waals surface area contributed by atoms with Crippen LogP contribution in [0, 0.1) is 17.3 Å². The molecule has 0 radical (unpaired) electrons. The lowest BCUT2D eigenvalue weighted by Crippen LogP contribution is -2.40. The highest BCUT2D eigenvalue weighted by atomic mass is 14.6. The van der Waals surface area contributed by atoms with Crippen molar-refractivity contribution in [3.05, 3.63) is 0 Å². The maximum Gasteiger partial charge on any atom is -0.0241 e. The molecular formula is C13H22. The zero-order valence-electron chi connectivity index (χ0n) is 8.73. The molecule has 0 N–H and O–H groups in total. The summed E-state index contributed by atoms with van der Waals surface area (Å²) in [4.78, 5) is 0. The van der Waals surface area contributed by atoms with Gasteiger partial charge in [-0.2, -0.15) is 0 Å². The summed E-state index contributed by atoms with van der Waals surface area (Å²) in [7, 11) is 0. The van der Waals surface area contributed by atoms with E-state index in [1.807, 2.05) is 0 Å². The Morgan fingerprint density at radius 2 is 1.23 bits per heavy atom. The summed E-state index contributed by atoms with van der Waals surface area (Å²) < 4.78 is 0. The highest BCUT2D eigenvalue weighted by Gasteiger charge is 2.53. The molecule has 0 heterocycles. The maximum absolute atomic E-state index is 1.60. The molecule has 3 aliphatic carbocycles. The van der Waals surface area contributed by atoms with E-state index in [9.17, 15) is 0 Å². The molecule has 0 nitrogen and oxygen atoms in total. The molecular weight excluding hydrogens is 156 g/mol. The van der Waals surface area contributed by atoms with Crippen LogP contribution in [0.5, 0.6) is 0 Å². The molecule has 0 atom stereocenters. The van der Waals surface area contributed by atoms with E-state index in [0.717, 1.165) is 11.3 Å². The molecule has 3 saturated carbocycles. The van der Waals surface area contributed by atoms with Gasteiger partial charge in [0.1, 0.15) is 0 Å². The van der Waals surface area contributed by atoms with Gasteiger partial charge in [0.2, 0.25) is 0 Å². The van der Waals surface area contributed by atoms with E-state index in [1.165, 1.54) is 12.3 Å². The van der Waals surface area contributed by atoms with Gasteiger partial charge < -0.3 is 0 Å². The van der Waals surface area contributed by atoms with Crippen LogP contribution in [0.1, 0.15) is 64.2 Å². The fourth-order valence-corrected chi connectivity index (χ4v) is 4.07. The lowest BCUT2D eigenvalue weighted by atomic mass is 9.55. The molecule has 0 aromatic heterocycles. The van der Waals surface area contributed by atoms with Crippen LogP contribution in [0.2, 0.25) is 0 Å². The van der Waals surface area contributed by atoms with Crippen LogP contribution in [0.3, 0.4) is 0 Å². The van der Waals surface area contributed by atoms with Crippen LogP contribution in [-0.2, 0) is 0 Å². The number of rotatable bonds is 2. The molecule has 0 aromatic rings. The van der Waals surface area contributed by atoms with Crippen LogP contribution >= 0.6 is 0 Å². The monoisotopic (exact) mass is 178 g/mol. The normalized spacial score (nSPS) is 34.2. The first-order valence-corrected chi connectivity index (χ1v) is 6.42. The van der Waals surface area contributed by atoms with Gasteiger partial charge in [-0.15, -0.1) is 0 Å². The first kappa shape index (κ1) is 8.32. The summed E-state index contributed by atoms with van der Waals surface area (Å²) in [6.07, 6.45) is 15.7. The average Bonchev–Trinajstić information content (AvgIpc) is 2.89. The molecule has 0 amide bonds. The highest BCUT2D eigenvalue weighted by Crippen LogP contribution is 2.63. The molecule has 74 valence electrons. The Balaban J connectivity index is 1.71. The quantitative estimate of drug-likeness (QED) is 0.596. The van der Waals surface area contributed by atoms with E-state index in [4.69, 9.17) is 0 Å². The largest absolute Gasteiger partial charge is 0.0533 e. The molecule has 0 spiro atoms. The van der Waals surface area contributed by atoms with Crippen LogP contribution in [0.4, 0.5) is 0 Å². The summed E-state index contributed by atoms with van der Waals surface area (Å²) in [5.74, 6) is 2.34. The minimum atomic E-state index is 0.903. The minimum Gasteiger partial charge on any atom is -0.0533 e. The molecule has 0 unspecified atom stereocenters. The Kier molecular flexibility index (Phi) is 1.92. The summed E-state index contributed by atoms with van der Waals surface area (Å²) in [5, 5.41) is 0. The topological polar surface area (TPSA) is 0 Å². The van der Waals surface area contributed by atoms with Crippen LogP contribution in [0.15, 0.2) is 0 Å². The Hall–Kier alpha value is 0. The predicted molar refractivity (Wildman–Crippen MR) is 55.6 cm³/mol. The first-order chi connectivity index (χ1) is 6.42. The smallest absolute Gasteiger partial charge is 0.0241 e. The Morgan fingerprint density at radius 3 is 1.69 bits per heavy atom. The first-order valence-electron chi connectivity index (χ1n) is 6.42. The van der Waals surface area contributed by atoms with Gasteiger partial charge in [-0.3, -0.25) is 0 Å². The second-order valence-corrected chi connectivity index (χ2v) is 5.70. The van der Waals surface area contributed by atoms with Crippen LogP contribution < -0.4 is 0 Å². The van der Waals surface area contributed by atoms with E-state index >= 15 is 0 Å². The molecule has 0 bridgehead atoms. The van der Waals surface area contributed by atoms with Crippen molar-refractivity contribution in [2.75, 3.05) is 0 Å². The Morgan fingerprint density at radius 1 is 0.615 bits per heavy atom. The van der Waals surface area contributed by atoms with Gasteiger partial charge in [-0.25, -0.2) is 0 Å². The molecule has 0 saturated heterocycles. The van der Waals surface area contributed by atoms with Gasteiger partial charge in [-0.1, -0.05) is 25.7 Å². The van der Waals surface area contributed by atoms with Gasteiger partial charge >= 0.3 is 0 Å². The third-order valence-electron chi connectivity index (χ3n) is 5.09. The van der Waals surface area contributed by atoms with E-state index in [-0.39, 0.29) is 0 Å². The fourth-order valence-electron chi connectivity index (χ4n) is 4.07. The van der Waals surface area contributed by atoms with Gasteiger partial charge in [-0.05, 0) is 55.8 Å². The van der Waals surface area contributed by atoms with Crippen molar-refractivity contribution in [1.82, 2.24) is 0 Å². The maximum atomic E-state index is 1.60. The lowest BCUT2D eigenvalue weighted by Gasteiger charge is -2.50. The SMILES string of the molecule is C1CCC(C2(C3CC3)CCC2)CC1. The average molecular weight is 178 g/mol. The van der Waals surface area contributed by atoms with Gasteiger partial charge in [0, 0.05) is 0 Å². The second-order valence-electron chi connectivity index (χ2n) is 5.70. The van der Waals surface area contributed by atoms with Crippen molar-refractivity contribution in [2.45, 2.75) is 64.2 Å². The molecule has 13 heavy (non-hydrogen) atoms. The second kappa shape index (κ2) is 3.00. The van der Waals surface area contributed by atoms with Crippen molar-refractivity contribution in [2.24, 2.45) is 17.3 Å². The standard InChI is InChI=1S/C13H22/c1-2-5-11(6-3-1)13(9-4-10-13)12-7-8-12/h11-12H,1-10H2. The third-order valence-corrected chi connectivity index (χ3v) is 5.09. The van der Waals surface area contributed by atoms with Crippen molar-refractivity contribution in [1.29, 1.82) is 0 Å². The minimum absolute atomic E-state index is 0.903. The number of hydrogen-bond acceptors (Lipinski definition) is 0. The summed E-state index contributed by atoms with van der Waals surface area (Å²) in [6.45, 7) is 0. The Labute approximate surface area is 82.1 Å². The zero-order valence-corrected chi connectivity index (χ0v) is 8.73. The molecule has 3 aliphatic rings. The predicted octanol–water partition coefficient (Wildman–Crippen LogP) is 4.15. The van der Waals surface area contributed by atoms with Gasteiger partial charge in [0.15, 0.2) is 0 Å². The summed E-state index contributed by atoms with van der Waals surface area (Å²) in [5.41, 5.74) is 0.903. The molecule has 0 aliphatic heterocycles. The fraction of sp³-hybridized carbons (Fsp3) is 1.00. The molecule has 0 heteroatoms. The highest BCUT2D eigenvalue weighted by molar-refractivity contribution is 5.03. The molecule has 0 aromatic carbocycles. The Bertz CT molecular complexity index is 180. The lowest BCUT2D eigenvalue weighted by molar-refractivity contribution is 0.00223. The van der Waals surface area contributed by atoms with Crippen molar-refractivity contribution < 1.29 is 0 Å². The summed E-state index contributed by atoms with van der Waals surface area (Å²) >= 11 is 0. The van der Waals surface area contributed by atoms with Gasteiger partial charge in [0.25, 0.3) is 0 Å². The summed E-state index contributed by atoms with van der Waals surface area (Å²) in [6, 6.07) is 0. The third kappa shape index (κ3) is 1.25. The van der Waals surface area contributed by atoms with Crippen LogP contribution in [0.25, 0.3) is 0 Å².